The summed E-state index contributed by atoms with van der Waals surface area (Å²) in [7, 11) is -2.95. The molecule has 1 rings (SSSR count). The second-order valence-electron chi connectivity index (χ2n) is 5.71. The third-order valence-electron chi connectivity index (χ3n) is 3.41. The van der Waals surface area contributed by atoms with Crippen LogP contribution in [0, 0.1) is 5.92 Å². The molecule has 0 aromatic carbocycles. The quantitative estimate of drug-likeness (QED) is 0.760. The fraction of sp³-hybridized carbons (Fsp3) is 0.923. The van der Waals surface area contributed by atoms with Gasteiger partial charge in [0.15, 0.2) is 0 Å². The van der Waals surface area contributed by atoms with Crippen LogP contribution in [0.5, 0.6) is 0 Å². The summed E-state index contributed by atoms with van der Waals surface area (Å²) in [5.74, 6) is 0.582. The summed E-state index contributed by atoms with van der Waals surface area (Å²) in [5, 5.41) is 3.37. The highest BCUT2D eigenvalue weighted by Gasteiger charge is 2.39. The first-order valence-electron chi connectivity index (χ1n) is 7.00. The van der Waals surface area contributed by atoms with E-state index in [-0.39, 0.29) is 23.9 Å². The van der Waals surface area contributed by atoms with Gasteiger partial charge < -0.3 is 4.90 Å². The number of carbonyl (C=O) groups is 1. The molecule has 0 bridgehead atoms. The lowest BCUT2D eigenvalue weighted by Crippen LogP contribution is -2.42. The Bertz CT molecular complexity index is 406. The zero-order chi connectivity index (χ0) is 14.6. The van der Waals surface area contributed by atoms with E-state index in [2.05, 4.69) is 26.1 Å². The topological polar surface area (TPSA) is 66.5 Å². The molecule has 0 aliphatic carbocycles. The van der Waals surface area contributed by atoms with Crippen LogP contribution in [0.15, 0.2) is 0 Å². The molecule has 2 atom stereocenters. The molecule has 0 radical (unpaired) electrons. The van der Waals surface area contributed by atoms with E-state index in [0.717, 1.165) is 12.8 Å². The molecule has 0 spiro atoms. The number of carbonyl (C=O) groups excluding carboxylic acids is 1. The fourth-order valence-electron chi connectivity index (χ4n) is 2.50. The molecule has 19 heavy (non-hydrogen) atoms. The minimum Gasteiger partial charge on any atom is -0.325 e. The van der Waals surface area contributed by atoms with Gasteiger partial charge in [0.05, 0.1) is 18.0 Å². The van der Waals surface area contributed by atoms with E-state index in [0.29, 0.717) is 18.9 Å². The van der Waals surface area contributed by atoms with Gasteiger partial charge in [0.2, 0.25) is 5.91 Å². The molecule has 1 amide bonds. The molecule has 6 heteroatoms. The van der Waals surface area contributed by atoms with Crippen molar-refractivity contribution in [2.45, 2.75) is 52.2 Å². The van der Waals surface area contributed by atoms with Gasteiger partial charge in [-0.25, -0.2) is 8.42 Å². The van der Waals surface area contributed by atoms with E-state index < -0.39 is 9.84 Å². The Hall–Kier alpha value is -0.620. The lowest BCUT2D eigenvalue weighted by Gasteiger charge is -2.27. The van der Waals surface area contributed by atoms with E-state index in [1.54, 1.807) is 0 Å². The van der Waals surface area contributed by atoms with Crippen molar-refractivity contribution in [3.8, 4) is 0 Å². The van der Waals surface area contributed by atoms with Crippen LogP contribution in [0.3, 0.4) is 0 Å². The van der Waals surface area contributed by atoms with Crippen LogP contribution in [-0.2, 0) is 14.6 Å². The van der Waals surface area contributed by atoms with E-state index in [9.17, 15) is 13.2 Å². The fourth-order valence-corrected chi connectivity index (χ4v) is 3.15. The summed E-state index contributed by atoms with van der Waals surface area (Å²) in [4.78, 5) is 14.1. The van der Waals surface area contributed by atoms with Gasteiger partial charge in [0.25, 0.3) is 0 Å². The molecular weight excluding hydrogens is 264 g/mol. The van der Waals surface area contributed by atoms with Gasteiger partial charge in [-0.1, -0.05) is 27.2 Å². The van der Waals surface area contributed by atoms with Crippen molar-refractivity contribution in [1.82, 2.24) is 10.2 Å². The number of nitrogens with zero attached hydrogens (tertiary/aromatic N) is 1. The van der Waals surface area contributed by atoms with Crippen LogP contribution in [0.1, 0.15) is 40.0 Å². The predicted molar refractivity (Wildman–Crippen MR) is 76.5 cm³/mol. The SMILES string of the molecule is CCCC1NC(C(C)C)N(CCCS(C)(=O)=O)C1=O. The normalized spacial score (nSPS) is 24.5. The Balaban J connectivity index is 2.64. The van der Waals surface area contributed by atoms with Gasteiger partial charge in [-0.05, 0) is 18.8 Å². The number of sulfone groups is 1. The minimum absolute atomic E-state index is 0.0311. The first-order valence-corrected chi connectivity index (χ1v) is 9.06. The standard InChI is InChI=1S/C13H26N2O3S/c1-5-7-11-13(16)15(12(14-11)10(2)3)8-6-9-19(4,17)18/h10-12,14H,5-9H2,1-4H3. The number of rotatable bonds is 7. The monoisotopic (exact) mass is 290 g/mol. The van der Waals surface area contributed by atoms with Gasteiger partial charge in [-0.15, -0.1) is 0 Å². The lowest BCUT2D eigenvalue weighted by molar-refractivity contribution is -0.130. The van der Waals surface area contributed by atoms with Gasteiger partial charge in [-0.3, -0.25) is 10.1 Å². The largest absolute Gasteiger partial charge is 0.325 e. The van der Waals surface area contributed by atoms with Crippen molar-refractivity contribution >= 4 is 15.7 Å². The Morgan fingerprint density at radius 1 is 1.37 bits per heavy atom. The Kier molecular flexibility index (Phi) is 5.80. The van der Waals surface area contributed by atoms with Crippen molar-refractivity contribution in [3.63, 3.8) is 0 Å². The molecule has 1 saturated heterocycles. The molecule has 1 aliphatic heterocycles. The van der Waals surface area contributed by atoms with Gasteiger partial charge in [-0.2, -0.15) is 0 Å². The maximum Gasteiger partial charge on any atom is 0.241 e. The molecule has 0 aromatic heterocycles. The number of amides is 1. The van der Waals surface area contributed by atoms with Crippen LogP contribution in [-0.4, -0.2) is 50.0 Å². The van der Waals surface area contributed by atoms with Crippen molar-refractivity contribution in [2.24, 2.45) is 5.92 Å². The smallest absolute Gasteiger partial charge is 0.241 e. The molecule has 5 nitrogen and oxygen atoms in total. The second-order valence-corrected chi connectivity index (χ2v) is 7.97. The van der Waals surface area contributed by atoms with E-state index in [1.165, 1.54) is 6.26 Å². The van der Waals surface area contributed by atoms with E-state index in [1.807, 2.05) is 4.90 Å². The third kappa shape index (κ3) is 4.76. The highest BCUT2D eigenvalue weighted by atomic mass is 32.2. The Labute approximate surface area is 116 Å². The first kappa shape index (κ1) is 16.4. The molecule has 0 saturated carbocycles. The summed E-state index contributed by atoms with van der Waals surface area (Å²) in [6, 6.07) is -0.101. The summed E-state index contributed by atoms with van der Waals surface area (Å²) in [5.41, 5.74) is 0. The highest BCUT2D eigenvalue weighted by Crippen LogP contribution is 2.20. The molecule has 1 N–H and O–H groups in total. The van der Waals surface area contributed by atoms with Crippen LogP contribution in [0.2, 0.25) is 0 Å². The van der Waals surface area contributed by atoms with Crippen LogP contribution in [0.4, 0.5) is 0 Å². The maximum absolute atomic E-state index is 12.3. The van der Waals surface area contributed by atoms with Crippen LogP contribution >= 0.6 is 0 Å². The number of nitrogens with one attached hydrogen (secondary N) is 1. The molecule has 1 aliphatic rings. The molecule has 1 fully saturated rings. The lowest BCUT2D eigenvalue weighted by atomic mass is 10.1. The molecule has 0 aromatic rings. The molecule has 112 valence electrons. The van der Waals surface area contributed by atoms with Gasteiger partial charge in [0.1, 0.15) is 9.84 Å². The zero-order valence-corrected chi connectivity index (χ0v) is 13.2. The summed E-state index contributed by atoms with van der Waals surface area (Å²) in [6.07, 6.45) is 3.57. The Morgan fingerprint density at radius 2 is 2.00 bits per heavy atom. The predicted octanol–water partition coefficient (Wildman–Crippen LogP) is 1.00. The van der Waals surface area contributed by atoms with Crippen molar-refractivity contribution in [3.05, 3.63) is 0 Å². The van der Waals surface area contributed by atoms with Gasteiger partial charge >= 0.3 is 0 Å². The highest BCUT2D eigenvalue weighted by molar-refractivity contribution is 7.90. The molecule has 2 unspecified atom stereocenters. The average Bonchev–Trinajstić information content (AvgIpc) is 2.57. The average molecular weight is 290 g/mol. The van der Waals surface area contributed by atoms with E-state index in [4.69, 9.17) is 0 Å². The van der Waals surface area contributed by atoms with Crippen LogP contribution < -0.4 is 5.32 Å². The summed E-state index contributed by atoms with van der Waals surface area (Å²) < 4.78 is 22.3. The number of hydrogen-bond donors (Lipinski definition) is 1. The third-order valence-corrected chi connectivity index (χ3v) is 4.44. The van der Waals surface area contributed by atoms with Crippen molar-refractivity contribution in [1.29, 1.82) is 0 Å². The first-order chi connectivity index (χ1) is 8.76. The van der Waals surface area contributed by atoms with Gasteiger partial charge in [0, 0.05) is 12.8 Å². The zero-order valence-electron chi connectivity index (χ0n) is 12.3. The second kappa shape index (κ2) is 6.70. The maximum atomic E-state index is 12.3. The molecule has 1 heterocycles. The van der Waals surface area contributed by atoms with E-state index >= 15 is 0 Å². The number of hydrogen-bond acceptors (Lipinski definition) is 4. The summed E-state index contributed by atoms with van der Waals surface area (Å²) in [6.45, 7) is 6.72. The van der Waals surface area contributed by atoms with Crippen molar-refractivity contribution < 1.29 is 13.2 Å². The van der Waals surface area contributed by atoms with Crippen LogP contribution in [0.25, 0.3) is 0 Å². The van der Waals surface area contributed by atoms with Crippen molar-refractivity contribution in [2.75, 3.05) is 18.6 Å². The minimum atomic E-state index is -2.95. The summed E-state index contributed by atoms with van der Waals surface area (Å²) >= 11 is 0. The Morgan fingerprint density at radius 3 is 2.47 bits per heavy atom. The molecular formula is C13H26N2O3S.